The quantitative estimate of drug-likeness (QED) is 0.828. The molecule has 1 atom stereocenters. The van der Waals surface area contributed by atoms with Gasteiger partial charge in [-0.25, -0.2) is 0 Å². The van der Waals surface area contributed by atoms with Gasteiger partial charge in [-0.1, -0.05) is 5.16 Å². The number of halogens is 3. The van der Waals surface area contributed by atoms with Gasteiger partial charge in [0, 0.05) is 18.2 Å². The summed E-state index contributed by atoms with van der Waals surface area (Å²) in [5.41, 5.74) is 0.438. The lowest BCUT2D eigenvalue weighted by Gasteiger charge is -2.25. The van der Waals surface area contributed by atoms with Crippen LogP contribution >= 0.6 is 0 Å². The molecule has 0 radical (unpaired) electrons. The molecule has 0 aliphatic carbocycles. The van der Waals surface area contributed by atoms with Crippen LogP contribution in [-0.2, 0) is 0 Å². The van der Waals surface area contributed by atoms with Crippen LogP contribution in [-0.4, -0.2) is 41.5 Å². The van der Waals surface area contributed by atoms with E-state index in [-0.39, 0.29) is 31.2 Å². The van der Waals surface area contributed by atoms with Crippen LogP contribution in [0.3, 0.4) is 0 Å². The SMILES string of the molecule is O=C(c1cc(-c2ccc3c(c2)OCO3)on1)N1CCCC1C(F)(F)F. The van der Waals surface area contributed by atoms with Crippen LogP contribution < -0.4 is 9.47 Å². The van der Waals surface area contributed by atoms with Crippen molar-refractivity contribution in [3.8, 4) is 22.8 Å². The number of hydrogen-bond acceptors (Lipinski definition) is 5. The van der Waals surface area contributed by atoms with Crippen LogP contribution in [0.2, 0.25) is 0 Å². The highest BCUT2D eigenvalue weighted by molar-refractivity contribution is 5.93. The minimum atomic E-state index is -4.45. The third-order valence-electron chi connectivity index (χ3n) is 4.28. The molecule has 4 rings (SSSR count). The number of benzene rings is 1. The molecule has 1 unspecified atom stereocenters. The van der Waals surface area contributed by atoms with E-state index in [2.05, 4.69) is 5.16 Å². The normalized spacial score (nSPS) is 19.5. The van der Waals surface area contributed by atoms with Crippen molar-refractivity contribution in [2.24, 2.45) is 0 Å². The molecular formula is C16H13F3N2O4. The van der Waals surface area contributed by atoms with Gasteiger partial charge in [0.2, 0.25) is 6.79 Å². The topological polar surface area (TPSA) is 64.8 Å². The predicted molar refractivity (Wildman–Crippen MR) is 78.2 cm³/mol. The van der Waals surface area contributed by atoms with E-state index in [0.29, 0.717) is 23.5 Å². The predicted octanol–water partition coefficient (Wildman–Crippen LogP) is 3.24. The Morgan fingerprint density at radius 1 is 1.20 bits per heavy atom. The summed E-state index contributed by atoms with van der Waals surface area (Å²) in [4.78, 5) is 13.2. The van der Waals surface area contributed by atoms with E-state index in [1.807, 2.05) is 0 Å². The van der Waals surface area contributed by atoms with Gasteiger partial charge >= 0.3 is 6.18 Å². The molecule has 1 saturated heterocycles. The Labute approximate surface area is 140 Å². The third-order valence-corrected chi connectivity index (χ3v) is 4.28. The van der Waals surface area contributed by atoms with Gasteiger partial charge in [-0.15, -0.1) is 0 Å². The van der Waals surface area contributed by atoms with Gasteiger partial charge in [0.25, 0.3) is 5.91 Å². The zero-order valence-electron chi connectivity index (χ0n) is 12.9. The molecule has 1 aromatic heterocycles. The second-order valence-electron chi connectivity index (χ2n) is 5.84. The number of alkyl halides is 3. The maximum absolute atomic E-state index is 13.0. The van der Waals surface area contributed by atoms with Crippen LogP contribution in [0.1, 0.15) is 23.3 Å². The summed E-state index contributed by atoms with van der Waals surface area (Å²) >= 11 is 0. The first-order chi connectivity index (χ1) is 11.9. The van der Waals surface area contributed by atoms with Crippen molar-refractivity contribution in [2.75, 3.05) is 13.3 Å². The zero-order valence-corrected chi connectivity index (χ0v) is 12.9. The Bertz CT molecular complexity index is 818. The molecule has 2 aliphatic heterocycles. The minimum Gasteiger partial charge on any atom is -0.454 e. The van der Waals surface area contributed by atoms with Crippen molar-refractivity contribution in [3.63, 3.8) is 0 Å². The molecule has 6 nitrogen and oxygen atoms in total. The number of aromatic nitrogens is 1. The van der Waals surface area contributed by atoms with Crippen molar-refractivity contribution in [3.05, 3.63) is 30.0 Å². The van der Waals surface area contributed by atoms with Crippen molar-refractivity contribution in [1.29, 1.82) is 0 Å². The first kappa shape index (κ1) is 15.8. The summed E-state index contributed by atoms with van der Waals surface area (Å²) in [5, 5.41) is 3.64. The molecule has 0 spiro atoms. The number of carbonyl (C=O) groups is 1. The van der Waals surface area contributed by atoms with Crippen LogP contribution in [0.4, 0.5) is 13.2 Å². The Morgan fingerprint density at radius 2 is 2.00 bits per heavy atom. The van der Waals surface area contributed by atoms with Crippen molar-refractivity contribution in [1.82, 2.24) is 10.1 Å². The molecule has 0 bridgehead atoms. The number of carbonyl (C=O) groups excluding carboxylic acids is 1. The summed E-state index contributed by atoms with van der Waals surface area (Å²) in [6, 6.07) is 4.60. The molecule has 3 heterocycles. The van der Waals surface area contributed by atoms with E-state index in [1.165, 1.54) is 6.07 Å². The van der Waals surface area contributed by atoms with Gasteiger partial charge in [-0.05, 0) is 31.0 Å². The number of rotatable bonds is 2. The first-order valence-electron chi connectivity index (χ1n) is 7.68. The number of fused-ring (bicyclic) bond motifs is 1. The molecule has 2 aliphatic rings. The van der Waals surface area contributed by atoms with E-state index >= 15 is 0 Å². The molecule has 2 aromatic rings. The summed E-state index contributed by atoms with van der Waals surface area (Å²) in [6.07, 6.45) is -4.24. The monoisotopic (exact) mass is 354 g/mol. The Morgan fingerprint density at radius 3 is 2.80 bits per heavy atom. The van der Waals surface area contributed by atoms with Gasteiger partial charge in [-0.2, -0.15) is 13.2 Å². The molecule has 25 heavy (non-hydrogen) atoms. The summed E-state index contributed by atoms with van der Waals surface area (Å²) < 4.78 is 54.7. The lowest BCUT2D eigenvalue weighted by atomic mass is 10.1. The summed E-state index contributed by atoms with van der Waals surface area (Å²) in [5.74, 6) is 0.600. The second-order valence-corrected chi connectivity index (χ2v) is 5.84. The zero-order chi connectivity index (χ0) is 17.6. The highest BCUT2D eigenvalue weighted by atomic mass is 19.4. The van der Waals surface area contributed by atoms with E-state index in [4.69, 9.17) is 14.0 Å². The van der Waals surface area contributed by atoms with Gasteiger partial charge in [0.15, 0.2) is 23.0 Å². The Balaban J connectivity index is 1.58. The van der Waals surface area contributed by atoms with E-state index in [1.54, 1.807) is 18.2 Å². The van der Waals surface area contributed by atoms with Crippen molar-refractivity contribution < 1.29 is 32.0 Å². The number of hydrogen-bond donors (Lipinski definition) is 0. The van der Waals surface area contributed by atoms with Crippen LogP contribution in [0.25, 0.3) is 11.3 Å². The molecule has 1 aromatic carbocycles. The highest BCUT2D eigenvalue weighted by Gasteiger charge is 2.48. The average molecular weight is 354 g/mol. The van der Waals surface area contributed by atoms with Crippen LogP contribution in [0, 0.1) is 0 Å². The van der Waals surface area contributed by atoms with Gasteiger partial charge in [-0.3, -0.25) is 4.79 Å². The minimum absolute atomic E-state index is 0.0508. The van der Waals surface area contributed by atoms with E-state index in [9.17, 15) is 18.0 Å². The Hall–Kier alpha value is -2.71. The van der Waals surface area contributed by atoms with Crippen molar-refractivity contribution >= 4 is 5.91 Å². The molecule has 0 saturated carbocycles. The molecule has 1 amide bonds. The van der Waals surface area contributed by atoms with Gasteiger partial charge in [0.05, 0.1) is 0 Å². The smallest absolute Gasteiger partial charge is 0.408 e. The number of nitrogens with zero attached hydrogens (tertiary/aromatic N) is 2. The standard InChI is InChI=1S/C16H13F3N2O4/c17-16(18,19)14-2-1-5-21(14)15(22)10-7-12(25-20-10)9-3-4-11-13(6-9)24-8-23-11/h3-4,6-7,14H,1-2,5,8H2. The molecular weight excluding hydrogens is 341 g/mol. The lowest BCUT2D eigenvalue weighted by Crippen LogP contribution is -2.44. The molecule has 9 heteroatoms. The summed E-state index contributed by atoms with van der Waals surface area (Å²) in [6.45, 7) is 0.169. The first-order valence-corrected chi connectivity index (χ1v) is 7.68. The van der Waals surface area contributed by atoms with Crippen LogP contribution in [0.5, 0.6) is 11.5 Å². The Kier molecular flexibility index (Phi) is 3.59. The largest absolute Gasteiger partial charge is 0.454 e. The van der Waals surface area contributed by atoms with Gasteiger partial charge < -0.3 is 18.9 Å². The average Bonchev–Trinajstić information content (AvgIpc) is 3.30. The second kappa shape index (κ2) is 5.68. The number of likely N-dealkylation sites (tertiary alicyclic amines) is 1. The van der Waals surface area contributed by atoms with E-state index in [0.717, 1.165) is 4.90 Å². The highest BCUT2D eigenvalue weighted by Crippen LogP contribution is 2.37. The fourth-order valence-electron chi connectivity index (χ4n) is 3.06. The maximum Gasteiger partial charge on any atom is 0.408 e. The molecule has 1 fully saturated rings. The number of ether oxygens (including phenoxy) is 2. The van der Waals surface area contributed by atoms with Crippen LogP contribution in [0.15, 0.2) is 28.8 Å². The number of amides is 1. The third kappa shape index (κ3) is 2.79. The van der Waals surface area contributed by atoms with E-state index < -0.39 is 18.1 Å². The van der Waals surface area contributed by atoms with Crippen molar-refractivity contribution in [2.45, 2.75) is 25.1 Å². The summed E-state index contributed by atoms with van der Waals surface area (Å²) in [7, 11) is 0. The molecule has 132 valence electrons. The fourth-order valence-corrected chi connectivity index (χ4v) is 3.06. The fraction of sp³-hybridized carbons (Fsp3) is 0.375. The lowest BCUT2D eigenvalue weighted by molar-refractivity contribution is -0.169. The van der Waals surface area contributed by atoms with Gasteiger partial charge in [0.1, 0.15) is 6.04 Å². The maximum atomic E-state index is 13.0. The molecule has 0 N–H and O–H groups in total.